The number of rotatable bonds is 0. The molecule has 0 amide bonds. The normalized spacial score (nSPS) is 8.00. The van der Waals surface area contributed by atoms with Crippen molar-refractivity contribution in [2.45, 2.75) is 0 Å². The molecule has 0 fully saturated rings. The molecule has 0 aliphatic heterocycles. The van der Waals surface area contributed by atoms with E-state index >= 15 is 0 Å². The van der Waals surface area contributed by atoms with Crippen LogP contribution in [0.3, 0.4) is 0 Å². The van der Waals surface area contributed by atoms with Crippen LogP contribution in [0, 0.1) is 22.5 Å². The Labute approximate surface area is 94.3 Å². The van der Waals surface area contributed by atoms with Gasteiger partial charge in [0, 0.05) is 0 Å². The molecule has 0 N–H and O–H groups in total. The summed E-state index contributed by atoms with van der Waals surface area (Å²) in [6.07, 6.45) is 0. The van der Waals surface area contributed by atoms with Crippen molar-refractivity contribution >= 4 is 6.70 Å². The number of halogens is 2. The average Bonchev–Trinajstić information content (AvgIpc) is 1.68. The van der Waals surface area contributed by atoms with Crippen molar-refractivity contribution in [1.82, 2.24) is 0 Å². The van der Waals surface area contributed by atoms with Crippen LogP contribution in [0.2, 0.25) is 0 Å². The van der Waals surface area contributed by atoms with Crippen LogP contribution in [-0.2, 0) is 0 Å². The number of nitrogens with zero attached hydrogens (tertiary/aromatic N) is 2. The molecule has 0 rings (SSSR count). The third kappa shape index (κ3) is 4.86. The van der Waals surface area contributed by atoms with E-state index in [0.717, 1.165) is 0 Å². The van der Waals surface area contributed by atoms with Gasteiger partial charge in [-0.05, 0) is 0 Å². The Morgan fingerprint density at radius 1 is 1.12 bits per heavy atom. The van der Waals surface area contributed by atoms with Gasteiger partial charge in [-0.2, -0.15) is 0 Å². The van der Waals surface area contributed by atoms with Gasteiger partial charge >= 0.3 is 64.9 Å². The molecule has 0 heterocycles. The van der Waals surface area contributed by atoms with Crippen molar-refractivity contribution in [2.75, 3.05) is 0 Å². The van der Waals surface area contributed by atoms with Gasteiger partial charge in [0.2, 0.25) is 0 Å². The van der Waals surface area contributed by atoms with Crippen molar-refractivity contribution < 1.29 is 66.8 Å². The summed E-state index contributed by atoms with van der Waals surface area (Å²) < 4.78 is 22.4. The zero-order chi connectivity index (χ0) is 5.91. The van der Waals surface area contributed by atoms with E-state index in [1.165, 1.54) is 0 Å². The summed E-state index contributed by atoms with van der Waals surface area (Å²) in [5.74, 6) is 1.12. The monoisotopic (exact) mass is 186 g/mol. The van der Waals surface area contributed by atoms with E-state index in [1.807, 2.05) is 0 Å². The van der Waals surface area contributed by atoms with Crippen molar-refractivity contribution in [3.63, 3.8) is 0 Å². The third-order valence-corrected chi connectivity index (χ3v) is 0.324. The maximum atomic E-state index is 11.2. The van der Waals surface area contributed by atoms with Crippen LogP contribution in [0.15, 0.2) is 0 Å². The maximum absolute atomic E-state index is 11.2. The van der Waals surface area contributed by atoms with Crippen LogP contribution >= 0.6 is 0 Å². The van der Waals surface area contributed by atoms with E-state index in [1.54, 1.807) is 0 Å². The second-order valence-electron chi connectivity index (χ2n) is 0.921. The summed E-state index contributed by atoms with van der Waals surface area (Å²) in [5.41, 5.74) is 0. The Morgan fingerprint density at radius 3 is 1.38 bits per heavy atom. The fraction of sp³-hybridized carbons (Fsp3) is 0. The van der Waals surface area contributed by atoms with Gasteiger partial charge in [0.05, 0.1) is 0 Å². The molecule has 0 aliphatic rings. The second kappa shape index (κ2) is 4.58. The molecule has 6 heteroatoms. The van der Waals surface area contributed by atoms with E-state index in [4.69, 9.17) is 10.5 Å². The van der Waals surface area contributed by atoms with Crippen molar-refractivity contribution in [3.05, 3.63) is 0 Å². The summed E-state index contributed by atoms with van der Waals surface area (Å²) in [6.45, 7) is -4.36. The van der Waals surface area contributed by atoms with Crippen LogP contribution < -0.4 is 58.2 Å². The first-order valence-corrected chi connectivity index (χ1v) is 1.46. The summed E-state index contributed by atoms with van der Waals surface area (Å²) >= 11 is 0. The minimum atomic E-state index is -4.36. The molecule has 0 aliphatic carbocycles. The molecule has 36 valence electrons. The topological polar surface area (TPSA) is 47.6 Å². The summed E-state index contributed by atoms with van der Waals surface area (Å²) in [4.78, 5) is 0. The minimum absolute atomic E-state index is 0. The Morgan fingerprint density at radius 2 is 1.38 bits per heavy atom. The zero-order valence-electron chi connectivity index (χ0n) is 4.23. The summed E-state index contributed by atoms with van der Waals surface area (Å²) in [6, 6.07) is 0. The van der Waals surface area contributed by atoms with Crippen LogP contribution in [-0.4, -0.2) is 6.70 Å². The first kappa shape index (κ1) is 11.5. The molecule has 0 saturated carbocycles. The third-order valence-electron chi connectivity index (χ3n) is 0.324. The molecule has 0 radical (unpaired) electrons. The smallest absolute Gasteiger partial charge is 0.453 e. The molecule has 0 unspecified atom stereocenters. The minimum Gasteiger partial charge on any atom is -0.453 e. The molecule has 0 aromatic heterocycles. The second-order valence-corrected chi connectivity index (χ2v) is 0.921. The number of hydrogen-bond donors (Lipinski definition) is 0. The zero-order valence-corrected chi connectivity index (χ0v) is 9.14. The van der Waals surface area contributed by atoms with Gasteiger partial charge in [0.25, 0.3) is 0 Å². The molecule has 0 bridgehead atoms. The van der Waals surface area contributed by atoms with Crippen LogP contribution in [0.4, 0.5) is 8.63 Å². The van der Waals surface area contributed by atoms with Gasteiger partial charge in [-0.3, -0.25) is 0 Å². The van der Waals surface area contributed by atoms with Crippen LogP contribution in [0.25, 0.3) is 0 Å². The molecule has 0 atom stereocenters. The van der Waals surface area contributed by atoms with Crippen molar-refractivity contribution in [3.8, 4) is 11.9 Å². The molecule has 8 heavy (non-hydrogen) atoms. The predicted octanol–water partition coefficient (Wildman–Crippen LogP) is -2.50. The molecule has 0 aromatic carbocycles. The standard InChI is InChI=1S/C2BF2N2.Rb/c4-3(5,1-6)2-7;/q-1;+1. The van der Waals surface area contributed by atoms with E-state index in [-0.39, 0.29) is 58.2 Å². The van der Waals surface area contributed by atoms with Gasteiger partial charge < -0.3 is 8.63 Å². The van der Waals surface area contributed by atoms with Crippen LogP contribution in [0.1, 0.15) is 0 Å². The van der Waals surface area contributed by atoms with Gasteiger partial charge in [-0.25, -0.2) is 10.5 Å². The van der Waals surface area contributed by atoms with E-state index in [9.17, 15) is 8.63 Å². The Bertz CT molecular complexity index is 129. The first-order chi connectivity index (χ1) is 3.12. The molecule has 2 nitrogen and oxygen atoms in total. The maximum Gasteiger partial charge on any atom is 1.00 e. The van der Waals surface area contributed by atoms with Crippen molar-refractivity contribution in [1.29, 1.82) is 10.5 Å². The predicted molar refractivity (Wildman–Crippen MR) is 19.2 cm³/mol. The van der Waals surface area contributed by atoms with E-state index < -0.39 is 6.70 Å². The SMILES string of the molecule is N#C[B-](F)(F)C#N.[Rb+]. The molecule has 0 aromatic rings. The van der Waals surface area contributed by atoms with Gasteiger partial charge in [-0.1, -0.05) is 11.9 Å². The van der Waals surface area contributed by atoms with Crippen LogP contribution in [0.5, 0.6) is 0 Å². The average molecular weight is 186 g/mol. The van der Waals surface area contributed by atoms with Crippen molar-refractivity contribution in [2.24, 2.45) is 0 Å². The van der Waals surface area contributed by atoms with Gasteiger partial charge in [0.1, 0.15) is 0 Å². The fourth-order valence-corrected chi connectivity index (χ4v) is 0.0289. The molecule has 0 saturated heterocycles. The van der Waals surface area contributed by atoms with E-state index in [2.05, 4.69) is 0 Å². The largest absolute Gasteiger partial charge is 1.00 e. The Hall–Kier alpha value is 0.710. The van der Waals surface area contributed by atoms with Gasteiger partial charge in [-0.15, -0.1) is 0 Å². The molecule has 0 spiro atoms. The number of hydrogen-bond acceptors (Lipinski definition) is 2. The first-order valence-electron chi connectivity index (χ1n) is 1.46. The van der Waals surface area contributed by atoms with E-state index in [0.29, 0.717) is 11.9 Å². The number of nitriles is 2. The Kier molecular flexibility index (Phi) is 6.58. The van der Waals surface area contributed by atoms with Gasteiger partial charge in [0.15, 0.2) is 0 Å². The summed E-state index contributed by atoms with van der Waals surface area (Å²) in [7, 11) is 0. The molecular formula is C2BF2N2Rb. The summed E-state index contributed by atoms with van der Waals surface area (Å²) in [5, 5.41) is 14.8. The fourth-order valence-electron chi connectivity index (χ4n) is 0.0289. The Balaban J connectivity index is 0. The molecular weight excluding hydrogens is 186 g/mol. The quantitative estimate of drug-likeness (QED) is 0.393.